The summed E-state index contributed by atoms with van der Waals surface area (Å²) in [6.45, 7) is 9.69. The van der Waals surface area contributed by atoms with Crippen LogP contribution in [-0.2, 0) is 47.6 Å². The third kappa shape index (κ3) is 9.28. The molecular weight excluding hydrogens is 454 g/mol. The van der Waals surface area contributed by atoms with Crippen molar-refractivity contribution in [2.75, 3.05) is 13.7 Å². The molecule has 1 amide bonds. The van der Waals surface area contributed by atoms with E-state index >= 15 is 0 Å². The van der Waals surface area contributed by atoms with Crippen molar-refractivity contribution < 1.29 is 52.4 Å². The van der Waals surface area contributed by atoms with Crippen molar-refractivity contribution in [3.63, 3.8) is 0 Å². The lowest BCUT2D eigenvalue weighted by Crippen LogP contribution is -2.56. The molecule has 192 valence electrons. The van der Waals surface area contributed by atoms with E-state index < -0.39 is 72.5 Å². The molecule has 12 heteroatoms. The zero-order valence-electron chi connectivity index (χ0n) is 20.7. The van der Waals surface area contributed by atoms with Crippen LogP contribution in [0.4, 0.5) is 4.79 Å². The Bertz CT molecular complexity index is 814. The summed E-state index contributed by atoms with van der Waals surface area (Å²) in [6.07, 6.45) is -3.12. The molecule has 0 aliphatic carbocycles. The van der Waals surface area contributed by atoms with Gasteiger partial charge in [-0.25, -0.2) is 9.59 Å². The third-order valence-corrected chi connectivity index (χ3v) is 4.51. The lowest BCUT2D eigenvalue weighted by atomic mass is 9.87. The van der Waals surface area contributed by atoms with Gasteiger partial charge in [0.05, 0.1) is 13.2 Å². The Labute approximate surface area is 198 Å². The van der Waals surface area contributed by atoms with Gasteiger partial charge in [-0.3, -0.25) is 14.4 Å². The van der Waals surface area contributed by atoms with Crippen LogP contribution in [0.5, 0.6) is 0 Å². The molecule has 1 aliphatic rings. The molecule has 1 rings (SSSR count). The van der Waals surface area contributed by atoms with Crippen LogP contribution >= 0.6 is 0 Å². The molecule has 1 aliphatic heterocycles. The molecule has 0 radical (unpaired) electrons. The molecule has 0 spiro atoms. The number of hydrogen-bond donors (Lipinski definition) is 1. The summed E-state index contributed by atoms with van der Waals surface area (Å²) >= 11 is 0. The summed E-state index contributed by atoms with van der Waals surface area (Å²) in [5, 5.41) is 2.64. The average molecular weight is 488 g/mol. The first-order valence-corrected chi connectivity index (χ1v) is 10.6. The maximum absolute atomic E-state index is 12.4. The minimum absolute atomic E-state index is 0.266. The zero-order valence-corrected chi connectivity index (χ0v) is 20.7. The Morgan fingerprint density at radius 2 is 1.62 bits per heavy atom. The van der Waals surface area contributed by atoms with Crippen LogP contribution < -0.4 is 5.32 Å². The summed E-state index contributed by atoms with van der Waals surface area (Å²) in [6, 6.07) is -0.826. The van der Waals surface area contributed by atoms with Gasteiger partial charge in [-0.05, 0) is 26.8 Å². The van der Waals surface area contributed by atoms with Crippen molar-refractivity contribution in [2.24, 2.45) is 5.92 Å². The molecular formula is C22H33NO11. The minimum Gasteiger partial charge on any atom is -0.479 e. The van der Waals surface area contributed by atoms with Gasteiger partial charge < -0.3 is 33.7 Å². The number of carbonyl (C=O) groups is 5. The van der Waals surface area contributed by atoms with Crippen molar-refractivity contribution in [3.05, 3.63) is 11.8 Å². The van der Waals surface area contributed by atoms with E-state index in [0.717, 1.165) is 27.9 Å². The van der Waals surface area contributed by atoms with Gasteiger partial charge in [0, 0.05) is 26.7 Å². The molecule has 0 saturated carbocycles. The average Bonchev–Trinajstić information content (AvgIpc) is 2.68. The van der Waals surface area contributed by atoms with Crippen LogP contribution in [0, 0.1) is 5.92 Å². The Balaban J connectivity index is 3.39. The van der Waals surface area contributed by atoms with E-state index in [1.807, 2.05) is 0 Å². The number of nitrogens with one attached hydrogen (secondary N) is 1. The topological polar surface area (TPSA) is 153 Å². The Morgan fingerprint density at radius 3 is 2.09 bits per heavy atom. The summed E-state index contributed by atoms with van der Waals surface area (Å²) in [5.74, 6) is -3.88. The lowest BCUT2D eigenvalue weighted by molar-refractivity contribution is -0.189. The molecule has 0 aromatic heterocycles. The van der Waals surface area contributed by atoms with Crippen LogP contribution in [-0.4, -0.2) is 73.6 Å². The molecule has 12 nitrogen and oxygen atoms in total. The van der Waals surface area contributed by atoms with Crippen LogP contribution in [0.2, 0.25) is 0 Å². The SMILES string of the molecule is COC(=O)C1=C[C@H](NC(=O)OC(C)(C)C)[C@@H](C)[C@H]([C@H](OC(C)=O)[C@@H](COC(C)=O)OC(C)=O)O1. The number of esters is 4. The quantitative estimate of drug-likeness (QED) is 0.390. The van der Waals surface area contributed by atoms with E-state index in [-0.39, 0.29) is 5.76 Å². The largest absolute Gasteiger partial charge is 0.479 e. The number of carbonyl (C=O) groups excluding carboxylic acids is 5. The first-order valence-electron chi connectivity index (χ1n) is 10.6. The monoisotopic (exact) mass is 487 g/mol. The smallest absolute Gasteiger partial charge is 0.408 e. The van der Waals surface area contributed by atoms with Crippen molar-refractivity contribution in [1.82, 2.24) is 5.32 Å². The van der Waals surface area contributed by atoms with Crippen molar-refractivity contribution in [2.45, 2.75) is 78.4 Å². The maximum Gasteiger partial charge on any atom is 0.408 e. The number of ether oxygens (including phenoxy) is 6. The maximum atomic E-state index is 12.4. The second-order valence-corrected chi connectivity index (χ2v) is 8.66. The number of alkyl carbamates (subject to hydrolysis) is 1. The molecule has 1 N–H and O–H groups in total. The fourth-order valence-corrected chi connectivity index (χ4v) is 3.17. The standard InChI is InChI=1S/C22H33NO11/c1-11-15(23-21(28)34-22(5,6)7)9-16(20(27)29-8)33-18(11)19(32-14(4)26)17(31-13(3)25)10-30-12(2)24/h9,11,15,17-19H,10H2,1-8H3,(H,23,28)/t11-,15+,17-,18-,19-/m1/s1. The normalized spacial score (nSPS) is 21.5. The Kier molecular flexibility index (Phi) is 10.3. The van der Waals surface area contributed by atoms with Crippen LogP contribution in [0.25, 0.3) is 0 Å². The van der Waals surface area contributed by atoms with E-state index in [0.29, 0.717) is 0 Å². The van der Waals surface area contributed by atoms with Gasteiger partial charge in [0.2, 0.25) is 5.76 Å². The fourth-order valence-electron chi connectivity index (χ4n) is 3.17. The molecule has 1 heterocycles. The Morgan fingerprint density at radius 1 is 1.03 bits per heavy atom. The van der Waals surface area contributed by atoms with Gasteiger partial charge in [0.1, 0.15) is 18.3 Å². The predicted octanol–water partition coefficient (Wildman–Crippen LogP) is 1.40. The summed E-state index contributed by atoms with van der Waals surface area (Å²) in [5.41, 5.74) is -0.780. The third-order valence-electron chi connectivity index (χ3n) is 4.51. The van der Waals surface area contributed by atoms with E-state index in [4.69, 9.17) is 28.4 Å². The van der Waals surface area contributed by atoms with E-state index in [9.17, 15) is 24.0 Å². The highest BCUT2D eigenvalue weighted by Crippen LogP contribution is 2.30. The zero-order chi connectivity index (χ0) is 26.2. The number of amides is 1. The van der Waals surface area contributed by atoms with E-state index in [1.165, 1.54) is 6.08 Å². The number of rotatable bonds is 8. The van der Waals surface area contributed by atoms with E-state index in [2.05, 4.69) is 5.32 Å². The molecule has 0 unspecified atom stereocenters. The molecule has 5 atom stereocenters. The number of methoxy groups -OCH3 is 1. The van der Waals surface area contributed by atoms with Gasteiger partial charge in [-0.15, -0.1) is 0 Å². The van der Waals surface area contributed by atoms with Crippen molar-refractivity contribution in [1.29, 1.82) is 0 Å². The van der Waals surface area contributed by atoms with Crippen molar-refractivity contribution >= 4 is 30.0 Å². The van der Waals surface area contributed by atoms with E-state index in [1.54, 1.807) is 27.7 Å². The van der Waals surface area contributed by atoms with Crippen LogP contribution in [0.1, 0.15) is 48.5 Å². The fraction of sp³-hybridized carbons (Fsp3) is 0.682. The van der Waals surface area contributed by atoms with Crippen LogP contribution in [0.3, 0.4) is 0 Å². The second-order valence-electron chi connectivity index (χ2n) is 8.66. The predicted molar refractivity (Wildman–Crippen MR) is 115 cm³/mol. The lowest BCUT2D eigenvalue weighted by Gasteiger charge is -2.40. The Hall–Kier alpha value is -3.31. The summed E-state index contributed by atoms with van der Waals surface area (Å²) in [7, 11) is 1.14. The van der Waals surface area contributed by atoms with Gasteiger partial charge in [0.25, 0.3) is 0 Å². The van der Waals surface area contributed by atoms with Crippen molar-refractivity contribution in [3.8, 4) is 0 Å². The minimum atomic E-state index is -1.31. The van der Waals surface area contributed by atoms with Gasteiger partial charge in [-0.2, -0.15) is 0 Å². The summed E-state index contributed by atoms with van der Waals surface area (Å²) in [4.78, 5) is 59.6. The molecule has 0 aromatic rings. The first kappa shape index (κ1) is 28.7. The van der Waals surface area contributed by atoms with Gasteiger partial charge in [0.15, 0.2) is 12.2 Å². The molecule has 0 fully saturated rings. The second kappa shape index (κ2) is 12.2. The van der Waals surface area contributed by atoms with Gasteiger partial charge in [-0.1, -0.05) is 6.92 Å². The highest BCUT2D eigenvalue weighted by Gasteiger charge is 2.46. The summed E-state index contributed by atoms with van der Waals surface area (Å²) < 4.78 is 31.4. The number of hydrogen-bond acceptors (Lipinski definition) is 11. The van der Waals surface area contributed by atoms with Crippen LogP contribution in [0.15, 0.2) is 11.8 Å². The molecule has 0 aromatic carbocycles. The first-order chi connectivity index (χ1) is 15.6. The molecule has 0 bridgehead atoms. The molecule has 0 saturated heterocycles. The van der Waals surface area contributed by atoms with Gasteiger partial charge >= 0.3 is 30.0 Å². The highest BCUT2D eigenvalue weighted by molar-refractivity contribution is 5.86. The molecule has 34 heavy (non-hydrogen) atoms. The highest BCUT2D eigenvalue weighted by atomic mass is 16.6.